The summed E-state index contributed by atoms with van der Waals surface area (Å²) in [5.74, 6) is 1.08. The number of nitrogens with two attached hydrogens (primary N) is 1. The van der Waals surface area contributed by atoms with Gasteiger partial charge in [-0.15, -0.1) is 0 Å². The number of anilines is 1. The maximum atomic E-state index is 5.63. The lowest BCUT2D eigenvalue weighted by molar-refractivity contribution is 0.0925. The summed E-state index contributed by atoms with van der Waals surface area (Å²) in [5.41, 5.74) is 7.92. The first-order valence-electron chi connectivity index (χ1n) is 6.26. The van der Waals surface area contributed by atoms with Crippen LogP contribution in [0, 0.1) is 6.92 Å². The van der Waals surface area contributed by atoms with Crippen molar-refractivity contribution >= 4 is 5.82 Å². The Morgan fingerprint density at radius 3 is 3.06 bits per heavy atom. The molecule has 1 aliphatic rings. The van der Waals surface area contributed by atoms with Crippen molar-refractivity contribution in [2.75, 3.05) is 24.7 Å². The predicted molar refractivity (Wildman–Crippen MR) is 69.1 cm³/mol. The summed E-state index contributed by atoms with van der Waals surface area (Å²) in [6.07, 6.45) is 2.96. The van der Waals surface area contributed by atoms with Crippen LogP contribution in [-0.4, -0.2) is 30.8 Å². The fraction of sp³-hybridized carbons (Fsp3) is 0.615. The molecule has 0 radical (unpaired) electrons. The number of pyridine rings is 1. The summed E-state index contributed by atoms with van der Waals surface area (Å²) in [6.45, 7) is 7.36. The van der Waals surface area contributed by atoms with Gasteiger partial charge in [-0.25, -0.2) is 4.98 Å². The van der Waals surface area contributed by atoms with Gasteiger partial charge in [-0.3, -0.25) is 0 Å². The molecule has 1 saturated heterocycles. The SMILES string of the molecule is CCC1COCCN1c1ncc(CN)cc1C. The van der Waals surface area contributed by atoms with E-state index in [0.29, 0.717) is 12.6 Å². The molecule has 0 aromatic carbocycles. The largest absolute Gasteiger partial charge is 0.377 e. The van der Waals surface area contributed by atoms with Crippen molar-refractivity contribution in [1.29, 1.82) is 0 Å². The molecule has 4 heteroatoms. The van der Waals surface area contributed by atoms with Crippen molar-refractivity contribution in [3.8, 4) is 0 Å². The summed E-state index contributed by atoms with van der Waals surface area (Å²) in [6, 6.07) is 2.57. The van der Waals surface area contributed by atoms with Crippen molar-refractivity contribution in [3.05, 3.63) is 23.4 Å². The summed E-state index contributed by atoms with van der Waals surface area (Å²) in [7, 11) is 0. The lowest BCUT2D eigenvalue weighted by Crippen LogP contribution is -2.46. The quantitative estimate of drug-likeness (QED) is 0.862. The molecular formula is C13H21N3O. The van der Waals surface area contributed by atoms with Gasteiger partial charge in [0.1, 0.15) is 5.82 Å². The van der Waals surface area contributed by atoms with Crippen molar-refractivity contribution < 1.29 is 4.74 Å². The number of morpholine rings is 1. The Hall–Kier alpha value is -1.13. The highest BCUT2D eigenvalue weighted by atomic mass is 16.5. The van der Waals surface area contributed by atoms with Gasteiger partial charge >= 0.3 is 0 Å². The molecule has 2 N–H and O–H groups in total. The van der Waals surface area contributed by atoms with Gasteiger partial charge in [0, 0.05) is 19.3 Å². The molecule has 0 spiro atoms. The molecule has 2 heterocycles. The second-order valence-corrected chi connectivity index (χ2v) is 4.52. The highest BCUT2D eigenvalue weighted by Gasteiger charge is 2.23. The average molecular weight is 235 g/mol. The van der Waals surface area contributed by atoms with Gasteiger partial charge in [0.15, 0.2) is 0 Å². The number of nitrogens with zero attached hydrogens (tertiary/aromatic N) is 2. The minimum atomic E-state index is 0.443. The van der Waals surface area contributed by atoms with Crippen LogP contribution in [0.3, 0.4) is 0 Å². The van der Waals surface area contributed by atoms with E-state index in [1.54, 1.807) is 0 Å². The van der Waals surface area contributed by atoms with Crippen molar-refractivity contribution in [2.24, 2.45) is 5.73 Å². The predicted octanol–water partition coefficient (Wildman–Crippen LogP) is 1.46. The first kappa shape index (κ1) is 12.3. The lowest BCUT2D eigenvalue weighted by atomic mass is 10.1. The first-order chi connectivity index (χ1) is 8.26. The van der Waals surface area contributed by atoms with Gasteiger partial charge in [0.25, 0.3) is 0 Å². The molecule has 2 rings (SSSR count). The van der Waals surface area contributed by atoms with E-state index in [0.717, 1.165) is 37.6 Å². The van der Waals surface area contributed by atoms with Crippen molar-refractivity contribution in [1.82, 2.24) is 4.98 Å². The molecule has 1 atom stereocenters. The Kier molecular flexibility index (Phi) is 3.97. The monoisotopic (exact) mass is 235 g/mol. The molecule has 0 aliphatic carbocycles. The highest BCUT2D eigenvalue weighted by molar-refractivity contribution is 5.48. The van der Waals surface area contributed by atoms with Gasteiger partial charge in [-0.05, 0) is 30.5 Å². The molecule has 1 aromatic rings. The lowest BCUT2D eigenvalue weighted by Gasteiger charge is -2.36. The molecule has 94 valence electrons. The third-order valence-corrected chi connectivity index (χ3v) is 3.31. The maximum absolute atomic E-state index is 5.63. The molecule has 1 aromatic heterocycles. The Labute approximate surface area is 103 Å². The van der Waals surface area contributed by atoms with Crippen LogP contribution in [0.1, 0.15) is 24.5 Å². The average Bonchev–Trinajstić information content (AvgIpc) is 2.38. The second-order valence-electron chi connectivity index (χ2n) is 4.52. The van der Waals surface area contributed by atoms with Crippen LogP contribution in [0.2, 0.25) is 0 Å². The Morgan fingerprint density at radius 1 is 1.59 bits per heavy atom. The molecule has 1 aliphatic heterocycles. The van der Waals surface area contributed by atoms with Crippen LogP contribution >= 0.6 is 0 Å². The number of ether oxygens (including phenoxy) is 1. The van der Waals surface area contributed by atoms with E-state index >= 15 is 0 Å². The second kappa shape index (κ2) is 5.47. The zero-order valence-corrected chi connectivity index (χ0v) is 10.6. The smallest absolute Gasteiger partial charge is 0.131 e. The fourth-order valence-electron chi connectivity index (χ4n) is 2.31. The zero-order valence-electron chi connectivity index (χ0n) is 10.6. The van der Waals surface area contributed by atoms with Crippen LogP contribution in [0.4, 0.5) is 5.82 Å². The van der Waals surface area contributed by atoms with E-state index in [1.807, 2.05) is 6.20 Å². The van der Waals surface area contributed by atoms with Crippen molar-refractivity contribution in [2.45, 2.75) is 32.9 Å². The summed E-state index contributed by atoms with van der Waals surface area (Å²) < 4.78 is 5.52. The van der Waals surface area contributed by atoms with Crippen LogP contribution in [0.25, 0.3) is 0 Å². The molecule has 17 heavy (non-hydrogen) atoms. The van der Waals surface area contributed by atoms with Crippen LogP contribution in [0.15, 0.2) is 12.3 Å². The highest BCUT2D eigenvalue weighted by Crippen LogP contribution is 2.23. The first-order valence-corrected chi connectivity index (χ1v) is 6.26. The van der Waals surface area contributed by atoms with Crippen LogP contribution in [0.5, 0.6) is 0 Å². The Balaban J connectivity index is 2.25. The Bertz CT molecular complexity index is 381. The normalized spacial score (nSPS) is 20.6. The van der Waals surface area contributed by atoms with Gasteiger partial charge in [0.05, 0.1) is 19.3 Å². The zero-order chi connectivity index (χ0) is 12.3. The molecule has 1 unspecified atom stereocenters. The molecule has 0 saturated carbocycles. The molecule has 4 nitrogen and oxygen atoms in total. The number of hydrogen-bond donors (Lipinski definition) is 1. The third-order valence-electron chi connectivity index (χ3n) is 3.31. The molecule has 0 amide bonds. The minimum Gasteiger partial charge on any atom is -0.377 e. The van der Waals surface area contributed by atoms with Gasteiger partial charge in [-0.1, -0.05) is 6.92 Å². The van der Waals surface area contributed by atoms with Crippen LogP contribution < -0.4 is 10.6 Å². The van der Waals surface area contributed by atoms with E-state index in [-0.39, 0.29) is 0 Å². The summed E-state index contributed by atoms with van der Waals surface area (Å²) >= 11 is 0. The number of hydrogen-bond acceptors (Lipinski definition) is 4. The topological polar surface area (TPSA) is 51.4 Å². The van der Waals surface area contributed by atoms with Gasteiger partial charge < -0.3 is 15.4 Å². The Morgan fingerprint density at radius 2 is 2.41 bits per heavy atom. The van der Waals surface area contributed by atoms with E-state index in [9.17, 15) is 0 Å². The number of aryl methyl sites for hydroxylation is 1. The van der Waals surface area contributed by atoms with Crippen LogP contribution in [-0.2, 0) is 11.3 Å². The van der Waals surface area contributed by atoms with Gasteiger partial charge in [0.2, 0.25) is 0 Å². The van der Waals surface area contributed by atoms with E-state index in [4.69, 9.17) is 10.5 Å². The molecule has 0 bridgehead atoms. The maximum Gasteiger partial charge on any atom is 0.131 e. The fourth-order valence-corrected chi connectivity index (χ4v) is 2.31. The minimum absolute atomic E-state index is 0.443. The number of aromatic nitrogens is 1. The van der Waals surface area contributed by atoms with Gasteiger partial charge in [-0.2, -0.15) is 0 Å². The molecule has 1 fully saturated rings. The van der Waals surface area contributed by atoms with E-state index in [2.05, 4.69) is 29.8 Å². The third kappa shape index (κ3) is 2.58. The molecular weight excluding hydrogens is 214 g/mol. The number of rotatable bonds is 3. The summed E-state index contributed by atoms with van der Waals surface area (Å²) in [4.78, 5) is 6.92. The standard InChI is InChI=1S/C13H21N3O/c1-3-12-9-17-5-4-16(12)13-10(2)6-11(7-14)8-15-13/h6,8,12H,3-5,7,9,14H2,1-2H3. The van der Waals surface area contributed by atoms with E-state index in [1.165, 1.54) is 5.56 Å². The van der Waals surface area contributed by atoms with E-state index < -0.39 is 0 Å². The summed E-state index contributed by atoms with van der Waals surface area (Å²) in [5, 5.41) is 0. The van der Waals surface area contributed by atoms with Crippen molar-refractivity contribution in [3.63, 3.8) is 0 Å².